The summed E-state index contributed by atoms with van der Waals surface area (Å²) < 4.78 is 30.5. The summed E-state index contributed by atoms with van der Waals surface area (Å²) >= 11 is 0. The monoisotopic (exact) mass is 300 g/mol. The van der Waals surface area contributed by atoms with E-state index in [9.17, 15) is 18.5 Å². The fraction of sp³-hybridized carbons (Fsp3) is 0.500. The van der Waals surface area contributed by atoms with E-state index >= 15 is 0 Å². The Morgan fingerprint density at radius 3 is 2.75 bits per heavy atom. The third-order valence-corrected chi connectivity index (χ3v) is 4.55. The van der Waals surface area contributed by atoms with Crippen LogP contribution in [0.2, 0.25) is 0 Å². The summed E-state index contributed by atoms with van der Waals surface area (Å²) in [5.74, 6) is 0.00334. The largest absolute Gasteiger partial charge is 0.385 e. The van der Waals surface area contributed by atoms with Crippen LogP contribution in [-0.4, -0.2) is 30.7 Å². The Morgan fingerprint density at radius 1 is 1.40 bits per heavy atom. The minimum atomic E-state index is -4.00. The van der Waals surface area contributed by atoms with E-state index in [0.29, 0.717) is 13.1 Å². The molecule has 1 atom stereocenters. The number of nitrogens with zero attached hydrogens (tertiary/aromatic N) is 2. The molecule has 110 valence electrons. The zero-order valence-corrected chi connectivity index (χ0v) is 11.9. The van der Waals surface area contributed by atoms with E-state index in [4.69, 9.17) is 4.18 Å². The Kier molecular flexibility index (Phi) is 4.24. The van der Waals surface area contributed by atoms with Gasteiger partial charge in [0.2, 0.25) is 5.75 Å². The van der Waals surface area contributed by atoms with E-state index in [1.54, 1.807) is 0 Å². The molecule has 2 rings (SSSR count). The first-order valence-corrected chi connectivity index (χ1v) is 7.69. The number of nitro benzene ring substituents is 1. The molecule has 1 aliphatic rings. The Bertz CT molecular complexity index is 602. The van der Waals surface area contributed by atoms with Gasteiger partial charge in [0.1, 0.15) is 0 Å². The Morgan fingerprint density at radius 2 is 2.10 bits per heavy atom. The molecule has 0 aliphatic carbocycles. The van der Waals surface area contributed by atoms with Crippen LogP contribution in [0.3, 0.4) is 0 Å². The second-order valence-corrected chi connectivity index (χ2v) is 6.41. The maximum absolute atomic E-state index is 12.2. The van der Waals surface area contributed by atoms with Gasteiger partial charge in [-0.2, -0.15) is 12.7 Å². The predicted molar refractivity (Wildman–Crippen MR) is 72.6 cm³/mol. The summed E-state index contributed by atoms with van der Waals surface area (Å²) in [6.45, 7) is 2.73. The summed E-state index contributed by atoms with van der Waals surface area (Å²) in [5.41, 5.74) is -0.360. The molecule has 0 amide bonds. The highest BCUT2D eigenvalue weighted by Crippen LogP contribution is 2.29. The minimum absolute atomic E-state index is 0.254. The number of hydrogen-bond donors (Lipinski definition) is 0. The van der Waals surface area contributed by atoms with Gasteiger partial charge < -0.3 is 4.18 Å². The Balaban J connectivity index is 2.22. The van der Waals surface area contributed by atoms with Gasteiger partial charge in [0.25, 0.3) is 0 Å². The van der Waals surface area contributed by atoms with Crippen molar-refractivity contribution in [2.75, 3.05) is 13.1 Å². The molecule has 0 N–H and O–H groups in total. The second-order valence-electron chi connectivity index (χ2n) is 4.87. The summed E-state index contributed by atoms with van der Waals surface area (Å²) in [5, 5.41) is 10.9. The van der Waals surface area contributed by atoms with Crippen molar-refractivity contribution < 1.29 is 17.5 Å². The van der Waals surface area contributed by atoms with Crippen LogP contribution in [0.1, 0.15) is 19.8 Å². The number of nitro groups is 1. The van der Waals surface area contributed by atoms with Crippen molar-refractivity contribution in [1.82, 2.24) is 4.31 Å². The Hall–Kier alpha value is -1.67. The van der Waals surface area contributed by atoms with E-state index in [1.807, 2.05) is 6.92 Å². The van der Waals surface area contributed by atoms with E-state index in [-0.39, 0.29) is 17.4 Å². The van der Waals surface area contributed by atoms with Gasteiger partial charge in [0.15, 0.2) is 0 Å². The molecule has 1 unspecified atom stereocenters. The van der Waals surface area contributed by atoms with Crippen molar-refractivity contribution in [3.8, 4) is 5.75 Å². The van der Waals surface area contributed by atoms with Gasteiger partial charge >= 0.3 is 16.0 Å². The third kappa shape index (κ3) is 3.26. The maximum atomic E-state index is 12.2. The summed E-state index contributed by atoms with van der Waals surface area (Å²) in [7, 11) is -4.00. The molecule has 1 fully saturated rings. The number of para-hydroxylation sites is 2. The molecule has 8 heteroatoms. The smallest absolute Gasteiger partial charge is 0.363 e. The molecule has 20 heavy (non-hydrogen) atoms. The van der Waals surface area contributed by atoms with Crippen molar-refractivity contribution in [2.45, 2.75) is 19.8 Å². The van der Waals surface area contributed by atoms with Crippen molar-refractivity contribution >= 4 is 16.0 Å². The van der Waals surface area contributed by atoms with Crippen LogP contribution in [0.5, 0.6) is 5.75 Å². The molecule has 1 aromatic carbocycles. The van der Waals surface area contributed by atoms with Crippen LogP contribution in [0.15, 0.2) is 24.3 Å². The van der Waals surface area contributed by atoms with Crippen molar-refractivity contribution in [3.05, 3.63) is 34.4 Å². The first-order chi connectivity index (χ1) is 9.40. The zero-order valence-electron chi connectivity index (χ0n) is 11.1. The lowest BCUT2D eigenvalue weighted by atomic mass is 10.0. The molecule has 1 aromatic rings. The molecular weight excluding hydrogens is 284 g/mol. The molecule has 0 radical (unpaired) electrons. The summed E-state index contributed by atoms with van der Waals surface area (Å²) in [6.07, 6.45) is 1.73. The molecule has 0 saturated carbocycles. The lowest BCUT2D eigenvalue weighted by Gasteiger charge is -2.29. The minimum Gasteiger partial charge on any atom is -0.363 e. The average molecular weight is 300 g/mol. The van der Waals surface area contributed by atoms with Crippen molar-refractivity contribution in [3.63, 3.8) is 0 Å². The van der Waals surface area contributed by atoms with Crippen LogP contribution in [0.25, 0.3) is 0 Å². The van der Waals surface area contributed by atoms with E-state index in [2.05, 4.69) is 0 Å². The SMILES string of the molecule is CC1CCCN(S(=O)(=O)Oc2ccccc2[N+](=O)[O-])C1. The lowest BCUT2D eigenvalue weighted by Crippen LogP contribution is -2.41. The number of benzene rings is 1. The molecule has 0 bridgehead atoms. The number of piperidine rings is 1. The summed E-state index contributed by atoms with van der Waals surface area (Å²) in [4.78, 5) is 10.2. The van der Waals surface area contributed by atoms with Gasteiger partial charge in [0.05, 0.1) is 4.92 Å². The van der Waals surface area contributed by atoms with Crippen LogP contribution in [0.4, 0.5) is 5.69 Å². The molecule has 1 saturated heterocycles. The highest BCUT2D eigenvalue weighted by Gasteiger charge is 2.30. The fourth-order valence-electron chi connectivity index (χ4n) is 2.19. The van der Waals surface area contributed by atoms with Crippen molar-refractivity contribution in [1.29, 1.82) is 0 Å². The number of rotatable bonds is 4. The lowest BCUT2D eigenvalue weighted by molar-refractivity contribution is -0.385. The molecule has 7 nitrogen and oxygen atoms in total. The zero-order chi connectivity index (χ0) is 14.8. The highest BCUT2D eigenvalue weighted by molar-refractivity contribution is 7.84. The van der Waals surface area contributed by atoms with Crippen LogP contribution in [0, 0.1) is 16.0 Å². The van der Waals surface area contributed by atoms with E-state index in [1.165, 1.54) is 28.6 Å². The average Bonchev–Trinajstić information content (AvgIpc) is 2.38. The van der Waals surface area contributed by atoms with Gasteiger partial charge in [-0.05, 0) is 24.8 Å². The molecule has 1 aliphatic heterocycles. The van der Waals surface area contributed by atoms with Crippen LogP contribution >= 0.6 is 0 Å². The normalized spacial score (nSPS) is 20.6. The molecule has 0 spiro atoms. The van der Waals surface area contributed by atoms with Crippen molar-refractivity contribution in [2.24, 2.45) is 5.92 Å². The van der Waals surface area contributed by atoms with E-state index < -0.39 is 15.2 Å². The van der Waals surface area contributed by atoms with Gasteiger partial charge in [-0.25, -0.2) is 0 Å². The van der Waals surface area contributed by atoms with Gasteiger partial charge in [0, 0.05) is 19.2 Å². The number of hydrogen-bond acceptors (Lipinski definition) is 5. The van der Waals surface area contributed by atoms with E-state index in [0.717, 1.165) is 12.8 Å². The fourth-order valence-corrected chi connectivity index (χ4v) is 3.46. The van der Waals surface area contributed by atoms with Gasteiger partial charge in [-0.1, -0.05) is 19.1 Å². The highest BCUT2D eigenvalue weighted by atomic mass is 32.2. The Labute approximate surface area is 117 Å². The standard InChI is InChI=1S/C12H16N2O5S/c1-10-5-4-8-13(9-10)20(17,18)19-12-7-3-2-6-11(12)14(15)16/h2-3,6-7,10H,4-5,8-9H2,1H3. The first-order valence-electron chi connectivity index (χ1n) is 6.33. The maximum Gasteiger partial charge on any atom is 0.385 e. The quantitative estimate of drug-likeness (QED) is 0.626. The predicted octanol–water partition coefficient (Wildman–Crippen LogP) is 1.95. The molecular formula is C12H16N2O5S. The third-order valence-electron chi connectivity index (χ3n) is 3.19. The second kappa shape index (κ2) is 5.76. The topological polar surface area (TPSA) is 89.8 Å². The van der Waals surface area contributed by atoms with Crippen LogP contribution in [-0.2, 0) is 10.3 Å². The molecule has 0 aromatic heterocycles. The molecule has 1 heterocycles. The van der Waals surface area contributed by atoms with Crippen LogP contribution < -0.4 is 4.18 Å². The van der Waals surface area contributed by atoms with Gasteiger partial charge in [-0.3, -0.25) is 10.1 Å². The summed E-state index contributed by atoms with van der Waals surface area (Å²) in [6, 6.07) is 5.45. The first kappa shape index (κ1) is 14.7. The van der Waals surface area contributed by atoms with Gasteiger partial charge in [-0.15, -0.1) is 0 Å².